The summed E-state index contributed by atoms with van der Waals surface area (Å²) in [5.74, 6) is 0.386. The van der Waals surface area contributed by atoms with Crippen LogP contribution in [0.25, 0.3) is 32.5 Å². The molecule has 0 spiro atoms. The van der Waals surface area contributed by atoms with Crippen LogP contribution in [0.3, 0.4) is 0 Å². The zero-order chi connectivity index (χ0) is 23.7. The van der Waals surface area contributed by atoms with Crippen LogP contribution >= 0.6 is 23.1 Å². The SMILES string of the molecule is Cc1cccnc1-n1c(SC/C(O)=C(\C#N)c2nc3ccccc3s2)nc2ccccc2c1=O. The summed E-state index contributed by atoms with van der Waals surface area (Å²) in [6, 6.07) is 20.4. The summed E-state index contributed by atoms with van der Waals surface area (Å²) in [6.45, 7) is 1.87. The van der Waals surface area contributed by atoms with Gasteiger partial charge in [0.25, 0.3) is 5.56 Å². The van der Waals surface area contributed by atoms with E-state index in [-0.39, 0.29) is 22.6 Å². The van der Waals surface area contributed by atoms with E-state index in [1.165, 1.54) is 15.9 Å². The van der Waals surface area contributed by atoms with E-state index in [0.717, 1.165) is 27.5 Å². The number of aliphatic hydroxyl groups excluding tert-OH is 1. The van der Waals surface area contributed by atoms with Gasteiger partial charge < -0.3 is 5.11 Å². The number of rotatable bonds is 5. The number of thiazole rings is 1. The average Bonchev–Trinajstić information content (AvgIpc) is 3.28. The molecule has 0 saturated heterocycles. The van der Waals surface area contributed by atoms with Gasteiger partial charge in [-0.3, -0.25) is 4.79 Å². The molecule has 0 atom stereocenters. The van der Waals surface area contributed by atoms with Gasteiger partial charge in [0.2, 0.25) is 0 Å². The number of thioether (sulfide) groups is 1. The highest BCUT2D eigenvalue weighted by molar-refractivity contribution is 7.99. The highest BCUT2D eigenvalue weighted by Crippen LogP contribution is 2.30. The Morgan fingerprint density at radius 2 is 1.85 bits per heavy atom. The van der Waals surface area contributed by atoms with Crippen LogP contribution in [0, 0.1) is 18.3 Å². The van der Waals surface area contributed by atoms with Gasteiger partial charge in [0.1, 0.15) is 28.2 Å². The number of pyridine rings is 1. The molecule has 7 nitrogen and oxygen atoms in total. The van der Waals surface area contributed by atoms with Gasteiger partial charge in [0, 0.05) is 6.20 Å². The largest absolute Gasteiger partial charge is 0.510 e. The van der Waals surface area contributed by atoms with Crippen molar-refractivity contribution < 1.29 is 5.11 Å². The van der Waals surface area contributed by atoms with Crippen LogP contribution < -0.4 is 5.56 Å². The Kier molecular flexibility index (Phi) is 5.84. The topological polar surface area (TPSA) is 105 Å². The van der Waals surface area contributed by atoms with E-state index in [0.29, 0.717) is 26.9 Å². The Balaban J connectivity index is 1.58. The van der Waals surface area contributed by atoms with Crippen molar-refractivity contribution in [2.24, 2.45) is 0 Å². The molecule has 3 aromatic heterocycles. The number of hydrogen-bond donors (Lipinski definition) is 1. The van der Waals surface area contributed by atoms with Crippen molar-refractivity contribution in [3.8, 4) is 11.9 Å². The van der Waals surface area contributed by atoms with Crippen molar-refractivity contribution in [2.75, 3.05) is 5.75 Å². The van der Waals surface area contributed by atoms with E-state index in [4.69, 9.17) is 0 Å². The van der Waals surface area contributed by atoms with E-state index >= 15 is 0 Å². The third-order valence-electron chi connectivity index (χ3n) is 5.18. The first-order valence-corrected chi connectivity index (χ1v) is 12.1. The third-order valence-corrected chi connectivity index (χ3v) is 7.19. The van der Waals surface area contributed by atoms with E-state index in [1.54, 1.807) is 30.5 Å². The second-order valence-electron chi connectivity index (χ2n) is 7.40. The van der Waals surface area contributed by atoms with Gasteiger partial charge in [-0.15, -0.1) is 11.3 Å². The molecule has 2 aromatic carbocycles. The van der Waals surface area contributed by atoms with Gasteiger partial charge in [-0.2, -0.15) is 5.26 Å². The second kappa shape index (κ2) is 9.09. The van der Waals surface area contributed by atoms with Crippen molar-refractivity contribution in [1.82, 2.24) is 19.5 Å². The zero-order valence-corrected chi connectivity index (χ0v) is 19.6. The molecule has 0 fully saturated rings. The van der Waals surface area contributed by atoms with Crippen LogP contribution in [0.15, 0.2) is 82.6 Å². The molecule has 5 rings (SSSR count). The van der Waals surface area contributed by atoms with E-state index in [1.807, 2.05) is 43.3 Å². The Labute approximate surface area is 202 Å². The number of hydrogen-bond acceptors (Lipinski definition) is 8. The average molecular weight is 484 g/mol. The minimum Gasteiger partial charge on any atom is -0.510 e. The summed E-state index contributed by atoms with van der Waals surface area (Å²) in [7, 11) is 0. The number of aromatic nitrogens is 4. The predicted octanol–water partition coefficient (Wildman–Crippen LogP) is 5.28. The standard InChI is InChI=1S/C25H17N5O2S2/c1-15-7-6-12-27-22(15)30-24(32)16-8-2-3-9-18(16)29-25(30)33-14-20(31)17(13-26)23-28-19-10-4-5-11-21(19)34-23/h2-12,31H,14H2,1H3/b20-17-. The molecular formula is C25H17N5O2S2. The lowest BCUT2D eigenvalue weighted by atomic mass is 10.2. The van der Waals surface area contributed by atoms with Gasteiger partial charge in [-0.1, -0.05) is 42.1 Å². The molecule has 0 unspecified atom stereocenters. The fourth-order valence-corrected chi connectivity index (χ4v) is 5.38. The summed E-state index contributed by atoms with van der Waals surface area (Å²) >= 11 is 2.51. The third kappa shape index (κ3) is 3.94. The Morgan fingerprint density at radius 3 is 2.62 bits per heavy atom. The summed E-state index contributed by atoms with van der Waals surface area (Å²) in [5.41, 5.74) is 2.00. The summed E-state index contributed by atoms with van der Waals surface area (Å²) < 4.78 is 2.39. The number of nitriles is 1. The maximum absolute atomic E-state index is 13.4. The molecular weight excluding hydrogens is 466 g/mol. The summed E-state index contributed by atoms with van der Waals surface area (Å²) in [5, 5.41) is 21.9. The number of allylic oxidation sites excluding steroid dienone is 1. The van der Waals surface area contributed by atoms with Crippen molar-refractivity contribution in [3.05, 3.63) is 93.5 Å². The van der Waals surface area contributed by atoms with E-state index in [9.17, 15) is 15.2 Å². The summed E-state index contributed by atoms with van der Waals surface area (Å²) in [6.07, 6.45) is 1.62. The molecule has 5 aromatic rings. The molecule has 0 aliphatic carbocycles. The molecule has 166 valence electrons. The second-order valence-corrected chi connectivity index (χ2v) is 9.38. The number of aliphatic hydroxyl groups is 1. The molecule has 0 aliphatic rings. The van der Waals surface area contributed by atoms with Crippen LogP contribution in [0.1, 0.15) is 10.6 Å². The molecule has 9 heteroatoms. The number of benzene rings is 2. The molecule has 34 heavy (non-hydrogen) atoms. The highest BCUT2D eigenvalue weighted by atomic mass is 32.2. The fourth-order valence-electron chi connectivity index (χ4n) is 3.53. The van der Waals surface area contributed by atoms with Gasteiger partial charge >= 0.3 is 0 Å². The quantitative estimate of drug-likeness (QED) is 0.157. The van der Waals surface area contributed by atoms with Crippen molar-refractivity contribution in [2.45, 2.75) is 12.1 Å². The number of fused-ring (bicyclic) bond motifs is 2. The Bertz CT molecular complexity index is 1650. The molecule has 0 aliphatic heterocycles. The highest BCUT2D eigenvalue weighted by Gasteiger charge is 2.18. The first kappa shape index (κ1) is 21.8. The molecule has 0 amide bonds. The first-order valence-electron chi connectivity index (χ1n) is 10.3. The summed E-state index contributed by atoms with van der Waals surface area (Å²) in [4.78, 5) is 26.9. The lowest BCUT2D eigenvalue weighted by molar-refractivity contribution is 0.420. The minimum atomic E-state index is -0.245. The minimum absolute atomic E-state index is 0.0372. The van der Waals surface area contributed by atoms with Gasteiger partial charge in [-0.25, -0.2) is 19.5 Å². The van der Waals surface area contributed by atoms with Crippen LogP contribution in [-0.4, -0.2) is 30.4 Å². The number of nitrogens with zero attached hydrogens (tertiary/aromatic N) is 5. The Hall–Kier alpha value is -4.00. The zero-order valence-electron chi connectivity index (χ0n) is 18.0. The monoisotopic (exact) mass is 483 g/mol. The lowest BCUT2D eigenvalue weighted by Gasteiger charge is -2.14. The number of aryl methyl sites for hydroxylation is 1. The molecule has 1 N–H and O–H groups in total. The van der Waals surface area contributed by atoms with Crippen molar-refractivity contribution >= 4 is 49.8 Å². The molecule has 0 radical (unpaired) electrons. The fraction of sp³-hybridized carbons (Fsp3) is 0.0800. The predicted molar refractivity (Wildman–Crippen MR) is 135 cm³/mol. The van der Waals surface area contributed by atoms with Crippen molar-refractivity contribution in [3.63, 3.8) is 0 Å². The van der Waals surface area contributed by atoms with E-state index < -0.39 is 0 Å². The Morgan fingerprint density at radius 1 is 1.09 bits per heavy atom. The van der Waals surface area contributed by atoms with Gasteiger partial charge in [-0.05, 0) is 42.8 Å². The lowest BCUT2D eigenvalue weighted by Crippen LogP contribution is -2.23. The van der Waals surface area contributed by atoms with Gasteiger partial charge in [0.05, 0.1) is 26.9 Å². The number of para-hydroxylation sites is 2. The molecule has 0 saturated carbocycles. The van der Waals surface area contributed by atoms with Crippen molar-refractivity contribution in [1.29, 1.82) is 5.26 Å². The first-order chi connectivity index (χ1) is 16.6. The van der Waals surface area contributed by atoms with Gasteiger partial charge in [0.15, 0.2) is 5.16 Å². The smallest absolute Gasteiger partial charge is 0.267 e. The molecule has 3 heterocycles. The van der Waals surface area contributed by atoms with Crippen LogP contribution in [0.4, 0.5) is 0 Å². The molecule has 0 bridgehead atoms. The maximum Gasteiger partial charge on any atom is 0.267 e. The van der Waals surface area contributed by atoms with Crippen LogP contribution in [0.5, 0.6) is 0 Å². The van der Waals surface area contributed by atoms with E-state index in [2.05, 4.69) is 21.0 Å². The van der Waals surface area contributed by atoms with Crippen LogP contribution in [0.2, 0.25) is 0 Å². The maximum atomic E-state index is 13.4. The normalized spacial score (nSPS) is 12.0. The van der Waals surface area contributed by atoms with Crippen LogP contribution in [-0.2, 0) is 0 Å².